The first-order valence-electron chi connectivity index (χ1n) is 11.1. The zero-order chi connectivity index (χ0) is 23.9. The average Bonchev–Trinajstić information content (AvgIpc) is 3.00. The number of ether oxygens (including phenoxy) is 2. The van der Waals surface area contributed by atoms with Crippen LogP contribution in [-0.4, -0.2) is 53.5 Å². The van der Waals surface area contributed by atoms with Gasteiger partial charge in [-0.2, -0.15) is 0 Å². The number of aromatic nitrogens is 1. The number of carbonyl (C=O) groups is 1. The standard InChI is InChI=1S/C26H27F2N3O3/c1-33-22-7-5-19(6-8-22)13-31-16-23(34-18-20-9-11-29-12-10-20)15-30(17-25(31)32)14-21-3-2-4-24(27)26(21)28/h2-12,23H,13-18H2,1H3. The predicted molar refractivity (Wildman–Crippen MR) is 123 cm³/mol. The van der Waals surface area contributed by atoms with Crippen LogP contribution < -0.4 is 4.74 Å². The minimum absolute atomic E-state index is 0.0845. The molecule has 0 N–H and O–H groups in total. The van der Waals surface area contributed by atoms with Crippen LogP contribution in [0.15, 0.2) is 67.0 Å². The number of halogens is 2. The zero-order valence-corrected chi connectivity index (χ0v) is 19.0. The van der Waals surface area contributed by atoms with Crippen LogP contribution in [0.25, 0.3) is 0 Å². The molecule has 0 spiro atoms. The molecule has 1 amide bonds. The fraction of sp³-hybridized carbons (Fsp3) is 0.308. The molecule has 8 heteroatoms. The minimum atomic E-state index is -0.898. The van der Waals surface area contributed by atoms with Crippen molar-refractivity contribution in [2.24, 2.45) is 0 Å². The Hall–Kier alpha value is -3.36. The molecule has 3 aromatic rings. The van der Waals surface area contributed by atoms with Gasteiger partial charge in [0.1, 0.15) is 5.75 Å². The molecule has 1 aliphatic heterocycles. The molecule has 1 fully saturated rings. The molecular weight excluding hydrogens is 440 g/mol. The summed E-state index contributed by atoms with van der Waals surface area (Å²) in [6.07, 6.45) is 3.09. The molecule has 178 valence electrons. The number of hydrogen-bond acceptors (Lipinski definition) is 5. The van der Waals surface area contributed by atoms with E-state index in [4.69, 9.17) is 9.47 Å². The van der Waals surface area contributed by atoms with Gasteiger partial charge in [0, 0.05) is 44.1 Å². The minimum Gasteiger partial charge on any atom is -0.497 e. The third-order valence-corrected chi connectivity index (χ3v) is 5.79. The van der Waals surface area contributed by atoms with Crippen LogP contribution in [0.3, 0.4) is 0 Å². The Morgan fingerprint density at radius 1 is 0.971 bits per heavy atom. The lowest BCUT2D eigenvalue weighted by molar-refractivity contribution is -0.132. The molecule has 4 rings (SSSR count). The molecule has 34 heavy (non-hydrogen) atoms. The van der Waals surface area contributed by atoms with Gasteiger partial charge in [0.25, 0.3) is 0 Å². The maximum atomic E-state index is 14.3. The van der Waals surface area contributed by atoms with Crippen LogP contribution in [0.5, 0.6) is 5.75 Å². The Bertz CT molecular complexity index is 1100. The first-order chi connectivity index (χ1) is 16.5. The topological polar surface area (TPSA) is 54.9 Å². The number of benzene rings is 2. The maximum Gasteiger partial charge on any atom is 0.237 e. The molecule has 0 radical (unpaired) electrons. The molecule has 6 nitrogen and oxygen atoms in total. The van der Waals surface area contributed by atoms with Crippen LogP contribution in [0.2, 0.25) is 0 Å². The monoisotopic (exact) mass is 467 g/mol. The molecule has 1 atom stereocenters. The SMILES string of the molecule is COc1ccc(CN2CC(OCc3ccncc3)CN(Cc3cccc(F)c3F)CC2=O)cc1. The third-order valence-electron chi connectivity index (χ3n) is 5.79. The van der Waals surface area contributed by atoms with Crippen molar-refractivity contribution in [3.63, 3.8) is 0 Å². The predicted octanol–water partition coefficient (Wildman–Crippen LogP) is 3.80. The molecule has 0 aliphatic carbocycles. The van der Waals surface area contributed by atoms with Crippen molar-refractivity contribution in [2.75, 3.05) is 26.7 Å². The normalized spacial score (nSPS) is 17.0. The highest BCUT2D eigenvalue weighted by atomic mass is 19.2. The highest BCUT2D eigenvalue weighted by Gasteiger charge is 2.29. The quantitative estimate of drug-likeness (QED) is 0.505. The summed E-state index contributed by atoms with van der Waals surface area (Å²) in [6, 6.07) is 15.4. The summed E-state index contributed by atoms with van der Waals surface area (Å²) in [5.74, 6) is -1.13. The number of nitrogens with zero attached hydrogens (tertiary/aromatic N) is 3. The summed E-state index contributed by atoms with van der Waals surface area (Å²) in [6.45, 7) is 1.77. The Labute approximate surface area is 197 Å². The van der Waals surface area contributed by atoms with E-state index >= 15 is 0 Å². The van der Waals surface area contributed by atoms with Crippen molar-refractivity contribution >= 4 is 5.91 Å². The van der Waals surface area contributed by atoms with E-state index in [1.54, 1.807) is 24.4 Å². The number of hydrogen-bond donors (Lipinski definition) is 0. The highest BCUT2D eigenvalue weighted by Crippen LogP contribution is 2.19. The first kappa shape index (κ1) is 23.8. The van der Waals surface area contributed by atoms with Gasteiger partial charge in [-0.25, -0.2) is 8.78 Å². The molecule has 0 bridgehead atoms. The van der Waals surface area contributed by atoms with E-state index < -0.39 is 11.6 Å². The van der Waals surface area contributed by atoms with Crippen molar-refractivity contribution in [2.45, 2.75) is 25.8 Å². The molecule has 2 aromatic carbocycles. The van der Waals surface area contributed by atoms with Crippen molar-refractivity contribution in [1.82, 2.24) is 14.8 Å². The van der Waals surface area contributed by atoms with Crippen molar-refractivity contribution in [3.8, 4) is 5.75 Å². The molecule has 0 saturated carbocycles. The third kappa shape index (κ3) is 6.15. The molecular formula is C26H27F2N3O3. The second-order valence-electron chi connectivity index (χ2n) is 8.29. The van der Waals surface area contributed by atoms with E-state index in [0.717, 1.165) is 22.9 Å². The smallest absolute Gasteiger partial charge is 0.237 e. The Morgan fingerprint density at radius 3 is 2.47 bits per heavy atom. The van der Waals surface area contributed by atoms with Crippen LogP contribution in [0.1, 0.15) is 16.7 Å². The van der Waals surface area contributed by atoms with Crippen molar-refractivity contribution in [3.05, 3.63) is 95.3 Å². The van der Waals surface area contributed by atoms with Crippen LogP contribution in [0.4, 0.5) is 8.78 Å². The fourth-order valence-electron chi connectivity index (χ4n) is 3.98. The summed E-state index contributed by atoms with van der Waals surface area (Å²) < 4.78 is 39.4. The lowest BCUT2D eigenvalue weighted by Crippen LogP contribution is -2.37. The molecule has 1 aromatic heterocycles. The van der Waals surface area contributed by atoms with Crippen molar-refractivity contribution in [1.29, 1.82) is 0 Å². The molecule has 1 unspecified atom stereocenters. The van der Waals surface area contributed by atoms with E-state index in [1.165, 1.54) is 12.1 Å². The van der Waals surface area contributed by atoms with Gasteiger partial charge >= 0.3 is 0 Å². The largest absolute Gasteiger partial charge is 0.497 e. The second kappa shape index (κ2) is 11.2. The molecule has 2 heterocycles. The Morgan fingerprint density at radius 2 is 1.74 bits per heavy atom. The van der Waals surface area contributed by atoms with Gasteiger partial charge < -0.3 is 14.4 Å². The maximum absolute atomic E-state index is 14.3. The lowest BCUT2D eigenvalue weighted by atomic mass is 10.2. The summed E-state index contributed by atoms with van der Waals surface area (Å²) in [5.41, 5.74) is 2.14. The van der Waals surface area contributed by atoms with Gasteiger partial charge in [0.2, 0.25) is 5.91 Å². The van der Waals surface area contributed by atoms with Gasteiger partial charge in [-0.15, -0.1) is 0 Å². The summed E-state index contributed by atoms with van der Waals surface area (Å²) in [4.78, 5) is 20.7. The number of pyridine rings is 1. The highest BCUT2D eigenvalue weighted by molar-refractivity contribution is 5.78. The van der Waals surface area contributed by atoms with E-state index in [-0.39, 0.29) is 30.7 Å². The van der Waals surface area contributed by atoms with Crippen LogP contribution in [-0.2, 0) is 29.2 Å². The Balaban J connectivity index is 1.51. The Kier molecular flexibility index (Phi) is 7.82. The van der Waals surface area contributed by atoms with Gasteiger partial charge in [-0.3, -0.25) is 14.7 Å². The number of carbonyl (C=O) groups excluding carboxylic acids is 1. The number of rotatable bonds is 8. The summed E-state index contributed by atoms with van der Waals surface area (Å²) in [7, 11) is 1.61. The van der Waals surface area contributed by atoms with Crippen LogP contribution in [0, 0.1) is 11.6 Å². The first-order valence-corrected chi connectivity index (χ1v) is 11.1. The zero-order valence-electron chi connectivity index (χ0n) is 19.0. The van der Waals surface area contributed by atoms with Gasteiger partial charge in [0.05, 0.1) is 26.4 Å². The van der Waals surface area contributed by atoms with Gasteiger partial charge in [-0.05, 0) is 41.5 Å². The van der Waals surface area contributed by atoms with E-state index in [2.05, 4.69) is 4.98 Å². The summed E-state index contributed by atoms with van der Waals surface area (Å²) >= 11 is 0. The lowest BCUT2D eigenvalue weighted by Gasteiger charge is -2.25. The molecule has 1 saturated heterocycles. The van der Waals surface area contributed by atoms with E-state index in [0.29, 0.717) is 26.2 Å². The van der Waals surface area contributed by atoms with E-state index in [1.807, 2.05) is 41.3 Å². The number of methoxy groups -OCH3 is 1. The van der Waals surface area contributed by atoms with E-state index in [9.17, 15) is 13.6 Å². The summed E-state index contributed by atoms with van der Waals surface area (Å²) in [5, 5.41) is 0. The van der Waals surface area contributed by atoms with Crippen LogP contribution >= 0.6 is 0 Å². The number of amides is 1. The van der Waals surface area contributed by atoms with Crippen molar-refractivity contribution < 1.29 is 23.0 Å². The average molecular weight is 468 g/mol. The van der Waals surface area contributed by atoms with Gasteiger partial charge in [-0.1, -0.05) is 24.3 Å². The fourth-order valence-corrected chi connectivity index (χ4v) is 3.98. The second-order valence-corrected chi connectivity index (χ2v) is 8.29. The van der Waals surface area contributed by atoms with Gasteiger partial charge in [0.15, 0.2) is 11.6 Å². The molecule has 1 aliphatic rings.